The zero-order valence-electron chi connectivity index (χ0n) is 7.08. The monoisotopic (exact) mass is 185 g/mol. The van der Waals surface area contributed by atoms with Gasteiger partial charge in [-0.3, -0.25) is 9.59 Å². The lowest BCUT2D eigenvalue weighted by Crippen LogP contribution is -2.59. The minimum Gasteiger partial charge on any atom is -0.480 e. The summed E-state index contributed by atoms with van der Waals surface area (Å²) in [5.41, 5.74) is -1.30. The van der Waals surface area contributed by atoms with Gasteiger partial charge in [-0.05, 0) is 12.8 Å². The average molecular weight is 185 g/mol. The SMILES string of the molecule is O=C(O)C1(C(=O)NC2CC2)COC1. The van der Waals surface area contributed by atoms with Gasteiger partial charge in [-0.1, -0.05) is 0 Å². The molecule has 0 unspecified atom stereocenters. The highest BCUT2D eigenvalue weighted by Crippen LogP contribution is 2.30. The number of hydrogen-bond acceptors (Lipinski definition) is 3. The molecule has 2 fully saturated rings. The Morgan fingerprint density at radius 1 is 1.38 bits per heavy atom. The third-order valence-corrected chi connectivity index (χ3v) is 2.45. The van der Waals surface area contributed by atoms with Crippen LogP contribution in [0.5, 0.6) is 0 Å². The second kappa shape index (κ2) is 2.70. The first kappa shape index (κ1) is 8.50. The molecule has 2 N–H and O–H groups in total. The third-order valence-electron chi connectivity index (χ3n) is 2.45. The van der Waals surface area contributed by atoms with Crippen LogP contribution in [0.4, 0.5) is 0 Å². The summed E-state index contributed by atoms with van der Waals surface area (Å²) in [5.74, 6) is -1.48. The van der Waals surface area contributed by atoms with Crippen molar-refractivity contribution in [2.45, 2.75) is 18.9 Å². The number of carbonyl (C=O) groups is 2. The van der Waals surface area contributed by atoms with Crippen molar-refractivity contribution in [1.82, 2.24) is 5.32 Å². The van der Waals surface area contributed by atoms with E-state index in [0.29, 0.717) is 0 Å². The number of amides is 1. The van der Waals surface area contributed by atoms with Crippen LogP contribution in [-0.4, -0.2) is 36.2 Å². The summed E-state index contributed by atoms with van der Waals surface area (Å²) in [5, 5.41) is 11.5. The lowest BCUT2D eigenvalue weighted by atomic mass is 9.85. The number of carboxylic acid groups (broad SMARTS) is 1. The molecule has 0 atom stereocenters. The zero-order valence-corrected chi connectivity index (χ0v) is 7.08. The first-order chi connectivity index (χ1) is 6.15. The molecule has 5 nitrogen and oxygen atoms in total. The molecule has 1 amide bonds. The Morgan fingerprint density at radius 2 is 2.00 bits per heavy atom. The fourth-order valence-corrected chi connectivity index (χ4v) is 1.21. The van der Waals surface area contributed by atoms with E-state index in [1.54, 1.807) is 0 Å². The Kier molecular flexibility index (Phi) is 1.76. The second-order valence-corrected chi connectivity index (χ2v) is 3.63. The van der Waals surface area contributed by atoms with E-state index in [4.69, 9.17) is 9.84 Å². The van der Waals surface area contributed by atoms with Crippen molar-refractivity contribution in [1.29, 1.82) is 0 Å². The van der Waals surface area contributed by atoms with Crippen molar-refractivity contribution >= 4 is 11.9 Å². The van der Waals surface area contributed by atoms with E-state index < -0.39 is 17.3 Å². The van der Waals surface area contributed by atoms with E-state index in [-0.39, 0.29) is 19.3 Å². The molecule has 0 bridgehead atoms. The van der Waals surface area contributed by atoms with Crippen LogP contribution >= 0.6 is 0 Å². The Labute approximate surface area is 75.1 Å². The van der Waals surface area contributed by atoms with E-state index in [9.17, 15) is 9.59 Å². The largest absolute Gasteiger partial charge is 0.480 e. The van der Waals surface area contributed by atoms with Gasteiger partial charge in [0.15, 0.2) is 5.41 Å². The molecule has 5 heteroatoms. The van der Waals surface area contributed by atoms with Crippen molar-refractivity contribution in [3.05, 3.63) is 0 Å². The summed E-state index contributed by atoms with van der Waals surface area (Å²) >= 11 is 0. The van der Waals surface area contributed by atoms with Gasteiger partial charge in [-0.2, -0.15) is 0 Å². The first-order valence-electron chi connectivity index (χ1n) is 4.27. The van der Waals surface area contributed by atoms with Crippen molar-refractivity contribution in [2.24, 2.45) is 5.41 Å². The van der Waals surface area contributed by atoms with Crippen molar-refractivity contribution in [3.63, 3.8) is 0 Å². The number of rotatable bonds is 3. The van der Waals surface area contributed by atoms with Crippen LogP contribution in [0.25, 0.3) is 0 Å². The second-order valence-electron chi connectivity index (χ2n) is 3.63. The maximum absolute atomic E-state index is 11.5. The van der Waals surface area contributed by atoms with Gasteiger partial charge in [0.25, 0.3) is 0 Å². The van der Waals surface area contributed by atoms with Crippen LogP contribution in [0, 0.1) is 5.41 Å². The predicted octanol–water partition coefficient (Wildman–Crippen LogP) is -0.634. The van der Waals surface area contributed by atoms with Gasteiger partial charge in [0.2, 0.25) is 5.91 Å². The molecule has 1 saturated heterocycles. The van der Waals surface area contributed by atoms with E-state index in [0.717, 1.165) is 12.8 Å². The third kappa shape index (κ3) is 1.29. The van der Waals surface area contributed by atoms with Crippen LogP contribution in [0.1, 0.15) is 12.8 Å². The van der Waals surface area contributed by atoms with Gasteiger partial charge in [0.05, 0.1) is 13.2 Å². The highest BCUT2D eigenvalue weighted by Gasteiger charge is 2.54. The summed E-state index contributed by atoms with van der Waals surface area (Å²) in [7, 11) is 0. The molecule has 2 rings (SSSR count). The maximum Gasteiger partial charge on any atom is 0.324 e. The molecular weight excluding hydrogens is 174 g/mol. The topological polar surface area (TPSA) is 75.6 Å². The Bertz CT molecular complexity index is 255. The van der Waals surface area contributed by atoms with Gasteiger partial charge < -0.3 is 15.2 Å². The molecule has 0 aromatic heterocycles. The molecule has 1 aliphatic heterocycles. The molecule has 1 heterocycles. The number of hydrogen-bond donors (Lipinski definition) is 2. The van der Waals surface area contributed by atoms with E-state index in [1.165, 1.54) is 0 Å². The summed E-state index contributed by atoms with van der Waals surface area (Å²) in [6.07, 6.45) is 1.92. The summed E-state index contributed by atoms with van der Waals surface area (Å²) in [6, 6.07) is 0.198. The molecule has 2 aliphatic rings. The van der Waals surface area contributed by atoms with Gasteiger partial charge in [0, 0.05) is 6.04 Å². The Morgan fingerprint density at radius 3 is 2.31 bits per heavy atom. The number of carboxylic acids is 1. The lowest BCUT2D eigenvalue weighted by Gasteiger charge is -2.35. The molecule has 1 saturated carbocycles. The van der Waals surface area contributed by atoms with E-state index >= 15 is 0 Å². The Balaban J connectivity index is 2.01. The number of ether oxygens (including phenoxy) is 1. The fraction of sp³-hybridized carbons (Fsp3) is 0.750. The highest BCUT2D eigenvalue weighted by molar-refractivity contribution is 6.03. The quantitative estimate of drug-likeness (QED) is 0.574. The van der Waals surface area contributed by atoms with Gasteiger partial charge >= 0.3 is 5.97 Å². The molecule has 13 heavy (non-hydrogen) atoms. The lowest BCUT2D eigenvalue weighted by molar-refractivity contribution is -0.185. The summed E-state index contributed by atoms with van der Waals surface area (Å²) in [4.78, 5) is 22.3. The van der Waals surface area contributed by atoms with Crippen molar-refractivity contribution in [3.8, 4) is 0 Å². The van der Waals surface area contributed by atoms with E-state index in [1.807, 2.05) is 0 Å². The Hall–Kier alpha value is -1.10. The van der Waals surface area contributed by atoms with Crippen molar-refractivity contribution < 1.29 is 19.4 Å². The van der Waals surface area contributed by atoms with Crippen LogP contribution in [-0.2, 0) is 14.3 Å². The first-order valence-corrected chi connectivity index (χ1v) is 4.27. The molecule has 0 spiro atoms. The van der Waals surface area contributed by atoms with Crippen LogP contribution < -0.4 is 5.32 Å². The number of carbonyl (C=O) groups excluding carboxylic acids is 1. The number of aliphatic carboxylic acids is 1. The highest BCUT2D eigenvalue weighted by atomic mass is 16.5. The van der Waals surface area contributed by atoms with E-state index in [2.05, 4.69) is 5.32 Å². The van der Waals surface area contributed by atoms with Gasteiger partial charge in [0.1, 0.15) is 0 Å². The molecule has 0 radical (unpaired) electrons. The number of nitrogens with one attached hydrogen (secondary N) is 1. The normalized spacial score (nSPS) is 24.6. The average Bonchev–Trinajstić information content (AvgIpc) is 2.66. The molecular formula is C8H11NO4. The summed E-state index contributed by atoms with van der Waals surface area (Å²) in [6.45, 7) is 0.00176. The molecule has 0 aromatic carbocycles. The van der Waals surface area contributed by atoms with Gasteiger partial charge in [-0.15, -0.1) is 0 Å². The predicted molar refractivity (Wildman–Crippen MR) is 42.1 cm³/mol. The smallest absolute Gasteiger partial charge is 0.324 e. The van der Waals surface area contributed by atoms with Crippen molar-refractivity contribution in [2.75, 3.05) is 13.2 Å². The standard InChI is InChI=1S/C8H11NO4/c10-6(9-5-1-2-5)8(7(11)12)3-13-4-8/h5H,1-4H2,(H,9,10)(H,11,12). The van der Waals surface area contributed by atoms with Gasteiger partial charge in [-0.25, -0.2) is 0 Å². The molecule has 72 valence electrons. The zero-order chi connectivity index (χ0) is 9.47. The molecule has 0 aromatic rings. The molecule has 1 aliphatic carbocycles. The summed E-state index contributed by atoms with van der Waals surface area (Å²) < 4.78 is 4.78. The van der Waals surface area contributed by atoms with Crippen LogP contribution in [0.3, 0.4) is 0 Å². The van der Waals surface area contributed by atoms with Crippen LogP contribution in [0.2, 0.25) is 0 Å². The minimum atomic E-state index is -1.30. The minimum absolute atomic E-state index is 0.000880. The maximum atomic E-state index is 11.5. The van der Waals surface area contributed by atoms with Crippen LogP contribution in [0.15, 0.2) is 0 Å². The fourth-order valence-electron chi connectivity index (χ4n) is 1.21.